The summed E-state index contributed by atoms with van der Waals surface area (Å²) < 4.78 is 7.24. The Labute approximate surface area is 124 Å². The van der Waals surface area contributed by atoms with Crippen molar-refractivity contribution in [1.29, 1.82) is 0 Å². The lowest BCUT2D eigenvalue weighted by Crippen LogP contribution is -2.29. The van der Waals surface area contributed by atoms with Crippen molar-refractivity contribution in [3.63, 3.8) is 0 Å². The van der Waals surface area contributed by atoms with Crippen LogP contribution in [0.25, 0.3) is 0 Å². The minimum absolute atomic E-state index is 0.00212. The summed E-state index contributed by atoms with van der Waals surface area (Å²) in [5.74, 6) is 0.720. The second-order valence-corrected chi connectivity index (χ2v) is 6.49. The van der Waals surface area contributed by atoms with E-state index < -0.39 is 0 Å². The summed E-state index contributed by atoms with van der Waals surface area (Å²) in [5.41, 5.74) is 7.27. The Bertz CT molecular complexity index is 388. The average molecular weight is 326 g/mol. The predicted molar refractivity (Wildman–Crippen MR) is 83.1 cm³/mol. The molecule has 1 fully saturated rings. The van der Waals surface area contributed by atoms with Crippen LogP contribution in [-0.2, 0) is 4.74 Å². The summed E-state index contributed by atoms with van der Waals surface area (Å²) in [7, 11) is 0. The molecule has 0 bridgehead atoms. The van der Waals surface area contributed by atoms with E-state index in [1.165, 1.54) is 32.1 Å². The van der Waals surface area contributed by atoms with Gasteiger partial charge in [-0.05, 0) is 37.3 Å². The number of halogens is 1. The molecule has 2 rings (SSSR count). The van der Waals surface area contributed by atoms with Crippen LogP contribution in [0.4, 0.5) is 0 Å². The molecule has 0 spiro atoms. The van der Waals surface area contributed by atoms with Crippen LogP contribution in [0.5, 0.6) is 0 Å². The fraction of sp³-hybridized carbons (Fsp3) is 0.625. The Hall–Kier alpha value is -0.380. The van der Waals surface area contributed by atoms with Crippen LogP contribution in [0.15, 0.2) is 28.7 Å². The quantitative estimate of drug-likeness (QED) is 0.868. The first-order valence-electron chi connectivity index (χ1n) is 7.30. The lowest BCUT2D eigenvalue weighted by atomic mass is 9.90. The third-order valence-corrected chi connectivity index (χ3v) is 4.65. The van der Waals surface area contributed by atoms with E-state index in [-0.39, 0.29) is 12.1 Å². The molecule has 106 valence electrons. The van der Waals surface area contributed by atoms with Gasteiger partial charge in [0.05, 0.1) is 12.7 Å². The summed E-state index contributed by atoms with van der Waals surface area (Å²) in [6.45, 7) is 2.86. The Morgan fingerprint density at radius 1 is 1.26 bits per heavy atom. The van der Waals surface area contributed by atoms with E-state index in [9.17, 15) is 0 Å². The number of hydrogen-bond acceptors (Lipinski definition) is 2. The molecule has 19 heavy (non-hydrogen) atoms. The standard InChI is InChI=1S/C16H24BrNO/c1-12(18)16(14-9-5-6-10-15(14)17)19-11-13-7-3-2-4-8-13/h5-6,9-10,12-13,16H,2-4,7-8,11,18H2,1H3. The van der Waals surface area contributed by atoms with Gasteiger partial charge in [0, 0.05) is 10.5 Å². The minimum atomic E-state index is -0.0162. The fourth-order valence-electron chi connectivity index (χ4n) is 2.82. The van der Waals surface area contributed by atoms with E-state index in [0.29, 0.717) is 0 Å². The molecule has 2 atom stereocenters. The highest BCUT2D eigenvalue weighted by Crippen LogP contribution is 2.30. The van der Waals surface area contributed by atoms with Gasteiger partial charge in [-0.1, -0.05) is 53.4 Å². The van der Waals surface area contributed by atoms with Crippen LogP contribution in [0, 0.1) is 5.92 Å². The average Bonchev–Trinajstić information content (AvgIpc) is 2.42. The van der Waals surface area contributed by atoms with Gasteiger partial charge in [-0.15, -0.1) is 0 Å². The molecule has 1 aliphatic carbocycles. The van der Waals surface area contributed by atoms with Crippen molar-refractivity contribution in [1.82, 2.24) is 0 Å². The summed E-state index contributed by atoms with van der Waals surface area (Å²) in [4.78, 5) is 0. The first-order chi connectivity index (χ1) is 9.18. The summed E-state index contributed by atoms with van der Waals surface area (Å²) in [5, 5.41) is 0. The molecule has 0 aromatic heterocycles. The van der Waals surface area contributed by atoms with E-state index in [2.05, 4.69) is 28.1 Å². The minimum Gasteiger partial charge on any atom is -0.372 e. The van der Waals surface area contributed by atoms with Crippen molar-refractivity contribution >= 4 is 15.9 Å². The lowest BCUT2D eigenvalue weighted by molar-refractivity contribution is 0.00784. The third-order valence-electron chi connectivity index (χ3n) is 3.93. The largest absolute Gasteiger partial charge is 0.372 e. The van der Waals surface area contributed by atoms with Crippen molar-refractivity contribution in [3.05, 3.63) is 34.3 Å². The first kappa shape index (κ1) is 15.0. The molecule has 1 saturated carbocycles. The van der Waals surface area contributed by atoms with Crippen LogP contribution in [-0.4, -0.2) is 12.6 Å². The van der Waals surface area contributed by atoms with Gasteiger partial charge in [0.15, 0.2) is 0 Å². The molecule has 0 amide bonds. The molecule has 1 aliphatic rings. The second-order valence-electron chi connectivity index (χ2n) is 5.64. The van der Waals surface area contributed by atoms with Gasteiger partial charge in [0.2, 0.25) is 0 Å². The van der Waals surface area contributed by atoms with Crippen LogP contribution in [0.1, 0.15) is 50.7 Å². The van der Waals surface area contributed by atoms with Gasteiger partial charge < -0.3 is 10.5 Å². The van der Waals surface area contributed by atoms with Gasteiger partial charge in [0.25, 0.3) is 0 Å². The molecule has 0 aliphatic heterocycles. The lowest BCUT2D eigenvalue weighted by Gasteiger charge is -2.27. The van der Waals surface area contributed by atoms with E-state index in [1.807, 2.05) is 19.1 Å². The first-order valence-corrected chi connectivity index (χ1v) is 8.09. The molecule has 2 unspecified atom stereocenters. The maximum absolute atomic E-state index is 6.15. The highest BCUT2D eigenvalue weighted by Gasteiger charge is 2.22. The molecule has 3 heteroatoms. The maximum atomic E-state index is 6.15. The van der Waals surface area contributed by atoms with E-state index in [0.717, 1.165) is 22.6 Å². The van der Waals surface area contributed by atoms with Gasteiger partial charge >= 0.3 is 0 Å². The Morgan fingerprint density at radius 3 is 2.58 bits per heavy atom. The Morgan fingerprint density at radius 2 is 1.95 bits per heavy atom. The molecule has 0 saturated heterocycles. The van der Waals surface area contributed by atoms with Crippen LogP contribution in [0.3, 0.4) is 0 Å². The molecular formula is C16H24BrNO. The highest BCUT2D eigenvalue weighted by molar-refractivity contribution is 9.10. The van der Waals surface area contributed by atoms with Crippen molar-refractivity contribution < 1.29 is 4.74 Å². The zero-order valence-electron chi connectivity index (χ0n) is 11.6. The van der Waals surface area contributed by atoms with Crippen molar-refractivity contribution in [3.8, 4) is 0 Å². The molecule has 0 radical (unpaired) electrons. The fourth-order valence-corrected chi connectivity index (χ4v) is 3.33. The van der Waals surface area contributed by atoms with E-state index in [4.69, 9.17) is 10.5 Å². The molecule has 2 nitrogen and oxygen atoms in total. The van der Waals surface area contributed by atoms with Crippen LogP contribution >= 0.6 is 15.9 Å². The van der Waals surface area contributed by atoms with Gasteiger partial charge in [-0.3, -0.25) is 0 Å². The highest BCUT2D eigenvalue weighted by atomic mass is 79.9. The third kappa shape index (κ3) is 4.30. The molecular weight excluding hydrogens is 302 g/mol. The molecule has 1 aromatic carbocycles. The van der Waals surface area contributed by atoms with Crippen molar-refractivity contribution in [2.24, 2.45) is 11.7 Å². The summed E-state index contributed by atoms with van der Waals surface area (Å²) >= 11 is 3.60. The summed E-state index contributed by atoms with van der Waals surface area (Å²) in [6, 6.07) is 8.21. The number of ether oxygens (including phenoxy) is 1. The predicted octanol–water partition coefficient (Wildman–Crippen LogP) is 4.43. The molecule has 2 N–H and O–H groups in total. The smallest absolute Gasteiger partial charge is 0.0983 e. The van der Waals surface area contributed by atoms with Gasteiger partial charge in [-0.2, -0.15) is 0 Å². The number of benzene rings is 1. The van der Waals surface area contributed by atoms with Crippen LogP contribution < -0.4 is 5.73 Å². The molecule has 0 heterocycles. The van der Waals surface area contributed by atoms with Crippen LogP contribution in [0.2, 0.25) is 0 Å². The van der Waals surface area contributed by atoms with Gasteiger partial charge in [0.1, 0.15) is 0 Å². The topological polar surface area (TPSA) is 35.2 Å². The zero-order chi connectivity index (χ0) is 13.7. The monoisotopic (exact) mass is 325 g/mol. The SMILES string of the molecule is CC(N)C(OCC1CCCCC1)c1ccccc1Br. The van der Waals surface area contributed by atoms with Gasteiger partial charge in [-0.25, -0.2) is 0 Å². The number of rotatable bonds is 5. The normalized spacial score (nSPS) is 20.2. The molecule has 1 aromatic rings. The van der Waals surface area contributed by atoms with E-state index in [1.54, 1.807) is 0 Å². The zero-order valence-corrected chi connectivity index (χ0v) is 13.2. The Balaban J connectivity index is 1.98. The summed E-state index contributed by atoms with van der Waals surface area (Å²) in [6.07, 6.45) is 6.69. The Kier molecular flexibility index (Phi) is 5.86. The number of hydrogen-bond donors (Lipinski definition) is 1. The second kappa shape index (κ2) is 7.41. The number of nitrogens with two attached hydrogens (primary N) is 1. The van der Waals surface area contributed by atoms with Crippen molar-refractivity contribution in [2.45, 2.75) is 51.2 Å². The van der Waals surface area contributed by atoms with E-state index >= 15 is 0 Å². The van der Waals surface area contributed by atoms with Crippen molar-refractivity contribution in [2.75, 3.05) is 6.61 Å². The maximum Gasteiger partial charge on any atom is 0.0983 e.